The summed E-state index contributed by atoms with van der Waals surface area (Å²) >= 11 is 0. The number of ether oxygens (including phenoxy) is 1. The summed E-state index contributed by atoms with van der Waals surface area (Å²) in [5, 5.41) is 3.06. The highest BCUT2D eigenvalue weighted by molar-refractivity contribution is 5.99. The molecular formula is C27H28FNO2. The van der Waals surface area contributed by atoms with Gasteiger partial charge in [-0.3, -0.25) is 4.79 Å². The second-order valence-corrected chi connectivity index (χ2v) is 8.33. The average molecular weight is 418 g/mol. The Hall–Kier alpha value is -3.14. The molecule has 4 rings (SSSR count). The molecule has 1 aliphatic rings. The van der Waals surface area contributed by atoms with Gasteiger partial charge in [-0.1, -0.05) is 67.8 Å². The second kappa shape index (κ2) is 9.34. The van der Waals surface area contributed by atoms with E-state index in [9.17, 15) is 9.18 Å². The summed E-state index contributed by atoms with van der Waals surface area (Å²) in [6, 6.07) is 22.3. The van der Waals surface area contributed by atoms with Crippen LogP contribution in [0.3, 0.4) is 0 Å². The number of anilines is 1. The highest BCUT2D eigenvalue weighted by atomic mass is 19.1. The lowest BCUT2D eigenvalue weighted by atomic mass is 9.68. The largest absolute Gasteiger partial charge is 0.489 e. The molecule has 3 aromatic rings. The van der Waals surface area contributed by atoms with Gasteiger partial charge >= 0.3 is 0 Å². The molecule has 160 valence electrons. The molecule has 1 amide bonds. The maximum absolute atomic E-state index is 14.7. The number of carbonyl (C=O) groups is 1. The van der Waals surface area contributed by atoms with Crippen LogP contribution in [-0.4, -0.2) is 5.91 Å². The van der Waals surface area contributed by atoms with Crippen molar-refractivity contribution in [3.63, 3.8) is 0 Å². The minimum atomic E-state index is -0.819. The van der Waals surface area contributed by atoms with Crippen molar-refractivity contribution < 1.29 is 13.9 Å². The van der Waals surface area contributed by atoms with Gasteiger partial charge in [0, 0.05) is 11.3 Å². The van der Waals surface area contributed by atoms with E-state index < -0.39 is 5.41 Å². The molecule has 3 aromatic carbocycles. The van der Waals surface area contributed by atoms with Gasteiger partial charge in [0.1, 0.15) is 18.2 Å². The first-order valence-corrected chi connectivity index (χ1v) is 10.9. The maximum atomic E-state index is 14.7. The van der Waals surface area contributed by atoms with Crippen molar-refractivity contribution in [2.75, 3.05) is 5.32 Å². The van der Waals surface area contributed by atoms with Crippen LogP contribution in [-0.2, 0) is 16.8 Å². The van der Waals surface area contributed by atoms with Crippen molar-refractivity contribution in [1.82, 2.24) is 0 Å². The zero-order valence-electron chi connectivity index (χ0n) is 17.9. The number of halogens is 1. The summed E-state index contributed by atoms with van der Waals surface area (Å²) in [4.78, 5) is 13.4. The number of amides is 1. The lowest BCUT2D eigenvalue weighted by Crippen LogP contribution is -2.42. The molecule has 31 heavy (non-hydrogen) atoms. The summed E-state index contributed by atoms with van der Waals surface area (Å²) in [6.45, 7) is 2.45. The number of rotatable bonds is 6. The van der Waals surface area contributed by atoms with Gasteiger partial charge in [-0.25, -0.2) is 4.39 Å². The third kappa shape index (κ3) is 4.63. The average Bonchev–Trinajstić information content (AvgIpc) is 2.80. The predicted molar refractivity (Wildman–Crippen MR) is 122 cm³/mol. The number of hydrogen-bond acceptors (Lipinski definition) is 2. The van der Waals surface area contributed by atoms with Crippen LogP contribution < -0.4 is 10.1 Å². The Kier molecular flexibility index (Phi) is 6.36. The zero-order chi connectivity index (χ0) is 21.7. The zero-order valence-corrected chi connectivity index (χ0v) is 17.9. The van der Waals surface area contributed by atoms with E-state index >= 15 is 0 Å². The second-order valence-electron chi connectivity index (χ2n) is 8.33. The molecule has 1 fully saturated rings. The molecule has 0 bridgehead atoms. The highest BCUT2D eigenvalue weighted by Gasteiger charge is 2.42. The first kappa shape index (κ1) is 21.1. The predicted octanol–water partition coefficient (Wildman–Crippen LogP) is 6.55. The van der Waals surface area contributed by atoms with E-state index in [1.165, 1.54) is 6.07 Å². The molecule has 1 N–H and O–H groups in total. The van der Waals surface area contributed by atoms with E-state index in [-0.39, 0.29) is 11.7 Å². The van der Waals surface area contributed by atoms with Gasteiger partial charge in [-0.15, -0.1) is 0 Å². The number of benzene rings is 3. The number of carbonyl (C=O) groups excluding carboxylic acids is 1. The summed E-state index contributed by atoms with van der Waals surface area (Å²) in [7, 11) is 0. The first-order valence-electron chi connectivity index (χ1n) is 10.9. The molecular weight excluding hydrogens is 389 g/mol. The summed E-state index contributed by atoms with van der Waals surface area (Å²) in [5.74, 6) is 0.346. The monoisotopic (exact) mass is 417 g/mol. The van der Waals surface area contributed by atoms with Crippen LogP contribution in [0.2, 0.25) is 0 Å². The Morgan fingerprint density at radius 2 is 1.68 bits per heavy atom. The highest BCUT2D eigenvalue weighted by Crippen LogP contribution is 2.41. The van der Waals surface area contributed by atoms with Crippen LogP contribution in [0, 0.1) is 12.7 Å². The topological polar surface area (TPSA) is 38.3 Å². The molecule has 4 heteroatoms. The lowest BCUT2D eigenvalue weighted by molar-refractivity contribution is -0.122. The molecule has 0 atom stereocenters. The third-order valence-corrected chi connectivity index (χ3v) is 6.20. The van der Waals surface area contributed by atoms with E-state index in [1.807, 2.05) is 61.5 Å². The van der Waals surface area contributed by atoms with Crippen LogP contribution in [0.4, 0.5) is 10.1 Å². The number of hydrogen-bond donors (Lipinski definition) is 1. The summed E-state index contributed by atoms with van der Waals surface area (Å²) in [6.07, 6.45) is 4.25. The Labute approximate surface area is 183 Å². The van der Waals surface area contributed by atoms with Crippen LogP contribution >= 0.6 is 0 Å². The van der Waals surface area contributed by atoms with Crippen LogP contribution in [0.5, 0.6) is 5.75 Å². The van der Waals surface area contributed by atoms with Crippen molar-refractivity contribution in [2.24, 2.45) is 0 Å². The fraction of sp³-hybridized carbons (Fsp3) is 0.296. The lowest BCUT2D eigenvalue weighted by Gasteiger charge is -2.36. The Morgan fingerprint density at radius 3 is 2.39 bits per heavy atom. The Bertz CT molecular complexity index is 1040. The molecule has 3 nitrogen and oxygen atoms in total. The van der Waals surface area contributed by atoms with Gasteiger partial charge in [0.15, 0.2) is 0 Å². The fourth-order valence-corrected chi connectivity index (χ4v) is 4.50. The van der Waals surface area contributed by atoms with Crippen LogP contribution in [0.1, 0.15) is 48.8 Å². The quantitative estimate of drug-likeness (QED) is 0.494. The van der Waals surface area contributed by atoms with Crippen molar-refractivity contribution in [2.45, 2.75) is 51.0 Å². The van der Waals surface area contributed by atoms with E-state index in [1.54, 1.807) is 12.1 Å². The maximum Gasteiger partial charge on any atom is 0.235 e. The molecule has 0 aromatic heterocycles. The van der Waals surface area contributed by atoms with E-state index in [4.69, 9.17) is 4.74 Å². The SMILES string of the molecule is Cc1cc(NC(=O)C2(c3ccccc3F)CCCCC2)ccc1OCc1ccccc1. The van der Waals surface area contributed by atoms with E-state index in [2.05, 4.69) is 5.32 Å². The third-order valence-electron chi connectivity index (χ3n) is 6.20. The minimum Gasteiger partial charge on any atom is -0.489 e. The summed E-state index contributed by atoms with van der Waals surface area (Å²) < 4.78 is 20.6. The normalized spacial score (nSPS) is 15.3. The molecule has 0 saturated heterocycles. The van der Waals surface area contributed by atoms with Gasteiger partial charge in [0.25, 0.3) is 0 Å². The molecule has 1 aliphatic carbocycles. The molecule has 1 saturated carbocycles. The van der Waals surface area contributed by atoms with Crippen molar-refractivity contribution in [3.8, 4) is 5.75 Å². The standard InChI is InChI=1S/C27H28FNO2/c1-20-18-22(14-15-25(20)31-19-21-10-4-2-5-11-21)29-26(30)27(16-8-3-9-17-27)23-12-6-7-13-24(23)28/h2,4-7,10-15,18H,3,8-9,16-17,19H2,1H3,(H,29,30). The first-order chi connectivity index (χ1) is 15.1. The van der Waals surface area contributed by atoms with Gasteiger partial charge in [-0.05, 0) is 55.2 Å². The molecule has 0 aliphatic heterocycles. The minimum absolute atomic E-state index is 0.130. The molecule has 0 unspecified atom stereocenters. The van der Waals surface area contributed by atoms with E-state index in [0.717, 1.165) is 36.1 Å². The van der Waals surface area contributed by atoms with Crippen LogP contribution in [0.25, 0.3) is 0 Å². The van der Waals surface area contributed by atoms with Gasteiger partial charge in [0.2, 0.25) is 5.91 Å². The van der Waals surface area contributed by atoms with Gasteiger partial charge in [-0.2, -0.15) is 0 Å². The van der Waals surface area contributed by atoms with Gasteiger partial charge < -0.3 is 10.1 Å². The van der Waals surface area contributed by atoms with Gasteiger partial charge in [0.05, 0.1) is 5.41 Å². The Balaban J connectivity index is 1.51. The summed E-state index contributed by atoms with van der Waals surface area (Å²) in [5.41, 5.74) is 2.43. The molecule has 0 radical (unpaired) electrons. The Morgan fingerprint density at radius 1 is 0.968 bits per heavy atom. The fourth-order valence-electron chi connectivity index (χ4n) is 4.50. The van der Waals surface area contributed by atoms with E-state index in [0.29, 0.717) is 30.7 Å². The smallest absolute Gasteiger partial charge is 0.235 e. The van der Waals surface area contributed by atoms with Crippen molar-refractivity contribution in [1.29, 1.82) is 0 Å². The number of aryl methyl sites for hydroxylation is 1. The molecule has 0 heterocycles. The van der Waals surface area contributed by atoms with Crippen molar-refractivity contribution in [3.05, 3.63) is 95.3 Å². The van der Waals surface area contributed by atoms with Crippen LogP contribution in [0.15, 0.2) is 72.8 Å². The number of nitrogens with one attached hydrogen (secondary N) is 1. The van der Waals surface area contributed by atoms with Crippen molar-refractivity contribution >= 4 is 11.6 Å². The molecule has 0 spiro atoms.